The molecular formula is C14H28N2O3. The molecule has 19 heavy (non-hydrogen) atoms. The first-order chi connectivity index (χ1) is 9.19. The van der Waals surface area contributed by atoms with Crippen LogP contribution in [0.2, 0.25) is 0 Å². The van der Waals surface area contributed by atoms with E-state index in [1.807, 2.05) is 11.8 Å². The van der Waals surface area contributed by atoms with Gasteiger partial charge in [0, 0.05) is 19.7 Å². The Balaban J connectivity index is 2.31. The lowest BCUT2D eigenvalue weighted by atomic mass is 10.00. The predicted octanol–water partition coefficient (Wildman–Crippen LogP) is 0.622. The normalized spacial score (nSPS) is 19.2. The van der Waals surface area contributed by atoms with Crippen molar-refractivity contribution in [1.82, 2.24) is 10.2 Å². The lowest BCUT2D eigenvalue weighted by Gasteiger charge is -2.30. The number of ether oxygens (including phenoxy) is 1. The molecule has 0 aromatic heterocycles. The second-order valence-electron chi connectivity index (χ2n) is 5.23. The van der Waals surface area contributed by atoms with Crippen LogP contribution < -0.4 is 5.32 Å². The molecule has 2 atom stereocenters. The molecule has 1 aliphatic heterocycles. The van der Waals surface area contributed by atoms with Crippen molar-refractivity contribution in [3.8, 4) is 0 Å². The molecule has 0 radical (unpaired) electrons. The van der Waals surface area contributed by atoms with Crippen LogP contribution in [0.15, 0.2) is 0 Å². The standard InChI is InChI=1S/C14H28N2O3/c1-3-4-13(5-8-17)11-15-12(2)14(18)16-6-9-19-10-7-16/h12-13,15,17H,3-11H2,1-2H3. The van der Waals surface area contributed by atoms with E-state index < -0.39 is 0 Å². The summed E-state index contributed by atoms with van der Waals surface area (Å²) in [6, 6.07) is -0.156. The van der Waals surface area contributed by atoms with E-state index >= 15 is 0 Å². The van der Waals surface area contributed by atoms with Crippen molar-refractivity contribution in [2.24, 2.45) is 5.92 Å². The molecule has 112 valence electrons. The number of morpholine rings is 1. The topological polar surface area (TPSA) is 61.8 Å². The highest BCUT2D eigenvalue weighted by Gasteiger charge is 2.22. The van der Waals surface area contributed by atoms with Crippen LogP contribution in [0, 0.1) is 5.92 Å². The summed E-state index contributed by atoms with van der Waals surface area (Å²) in [5, 5.41) is 12.3. The summed E-state index contributed by atoms with van der Waals surface area (Å²) in [5.41, 5.74) is 0. The van der Waals surface area contributed by atoms with E-state index in [0.29, 0.717) is 32.2 Å². The fourth-order valence-electron chi connectivity index (χ4n) is 2.43. The van der Waals surface area contributed by atoms with E-state index in [9.17, 15) is 4.79 Å². The third kappa shape index (κ3) is 5.89. The van der Waals surface area contributed by atoms with Crippen LogP contribution in [0.5, 0.6) is 0 Å². The third-order valence-corrected chi connectivity index (χ3v) is 3.64. The number of nitrogens with one attached hydrogen (secondary N) is 1. The van der Waals surface area contributed by atoms with Crippen LogP contribution in [-0.2, 0) is 9.53 Å². The van der Waals surface area contributed by atoms with Gasteiger partial charge in [0.15, 0.2) is 0 Å². The van der Waals surface area contributed by atoms with Crippen LogP contribution in [-0.4, -0.2) is 61.4 Å². The molecule has 2 N–H and O–H groups in total. The molecule has 0 bridgehead atoms. The minimum absolute atomic E-state index is 0.155. The maximum atomic E-state index is 12.2. The molecule has 1 aliphatic rings. The van der Waals surface area contributed by atoms with Crippen molar-refractivity contribution in [3.63, 3.8) is 0 Å². The second kappa shape index (κ2) is 9.28. The quantitative estimate of drug-likeness (QED) is 0.680. The summed E-state index contributed by atoms with van der Waals surface area (Å²) < 4.78 is 5.25. The first-order valence-electron chi connectivity index (χ1n) is 7.39. The molecule has 0 aromatic carbocycles. The van der Waals surface area contributed by atoms with Crippen LogP contribution in [0.3, 0.4) is 0 Å². The predicted molar refractivity (Wildman–Crippen MR) is 75.0 cm³/mol. The molecule has 2 unspecified atom stereocenters. The van der Waals surface area contributed by atoms with Crippen molar-refractivity contribution < 1.29 is 14.6 Å². The summed E-state index contributed by atoms with van der Waals surface area (Å²) >= 11 is 0. The number of hydrogen-bond donors (Lipinski definition) is 2. The van der Waals surface area contributed by atoms with Gasteiger partial charge in [-0.3, -0.25) is 4.79 Å². The van der Waals surface area contributed by atoms with Crippen molar-refractivity contribution in [2.75, 3.05) is 39.5 Å². The molecule has 1 saturated heterocycles. The van der Waals surface area contributed by atoms with E-state index in [1.54, 1.807) is 0 Å². The average Bonchev–Trinajstić information content (AvgIpc) is 2.45. The van der Waals surface area contributed by atoms with Gasteiger partial charge in [-0.25, -0.2) is 0 Å². The highest BCUT2D eigenvalue weighted by molar-refractivity contribution is 5.81. The monoisotopic (exact) mass is 272 g/mol. The Bertz CT molecular complexity index is 249. The van der Waals surface area contributed by atoms with Gasteiger partial charge in [0.2, 0.25) is 5.91 Å². The van der Waals surface area contributed by atoms with Gasteiger partial charge in [-0.1, -0.05) is 13.3 Å². The number of carbonyl (C=O) groups excluding carboxylic acids is 1. The number of hydrogen-bond acceptors (Lipinski definition) is 4. The Labute approximate surface area is 116 Å². The minimum Gasteiger partial charge on any atom is -0.396 e. The number of rotatable bonds is 8. The van der Waals surface area contributed by atoms with Crippen molar-refractivity contribution in [1.29, 1.82) is 0 Å². The smallest absolute Gasteiger partial charge is 0.239 e. The maximum absolute atomic E-state index is 12.2. The van der Waals surface area contributed by atoms with Crippen LogP contribution in [0.4, 0.5) is 0 Å². The lowest BCUT2D eigenvalue weighted by molar-refractivity contribution is -0.137. The maximum Gasteiger partial charge on any atom is 0.239 e. The SMILES string of the molecule is CCCC(CCO)CNC(C)C(=O)N1CCOCC1. The molecule has 0 spiro atoms. The molecule has 0 saturated carbocycles. The summed E-state index contributed by atoms with van der Waals surface area (Å²) in [4.78, 5) is 14.0. The zero-order valence-electron chi connectivity index (χ0n) is 12.2. The van der Waals surface area contributed by atoms with Gasteiger partial charge in [0.05, 0.1) is 19.3 Å². The Morgan fingerprint density at radius 3 is 2.63 bits per heavy atom. The van der Waals surface area contributed by atoms with E-state index in [0.717, 1.165) is 25.8 Å². The summed E-state index contributed by atoms with van der Waals surface area (Å²) in [6.07, 6.45) is 3.00. The summed E-state index contributed by atoms with van der Waals surface area (Å²) in [6.45, 7) is 7.75. The van der Waals surface area contributed by atoms with Gasteiger partial charge in [0.1, 0.15) is 0 Å². The first-order valence-corrected chi connectivity index (χ1v) is 7.39. The molecule has 1 rings (SSSR count). The van der Waals surface area contributed by atoms with Gasteiger partial charge < -0.3 is 20.1 Å². The molecule has 0 aromatic rings. The lowest BCUT2D eigenvalue weighted by Crippen LogP contribution is -2.50. The Kier molecular flexibility index (Phi) is 8.02. The molecule has 0 aliphatic carbocycles. The zero-order chi connectivity index (χ0) is 14.1. The Morgan fingerprint density at radius 1 is 1.37 bits per heavy atom. The fourth-order valence-corrected chi connectivity index (χ4v) is 2.43. The largest absolute Gasteiger partial charge is 0.396 e. The van der Waals surface area contributed by atoms with Crippen LogP contribution in [0.1, 0.15) is 33.1 Å². The number of aliphatic hydroxyl groups is 1. The third-order valence-electron chi connectivity index (χ3n) is 3.64. The number of aliphatic hydroxyl groups excluding tert-OH is 1. The summed E-state index contributed by atoms with van der Waals surface area (Å²) in [5.74, 6) is 0.609. The van der Waals surface area contributed by atoms with Crippen LogP contribution >= 0.6 is 0 Å². The highest BCUT2D eigenvalue weighted by atomic mass is 16.5. The zero-order valence-corrected chi connectivity index (χ0v) is 12.2. The molecular weight excluding hydrogens is 244 g/mol. The average molecular weight is 272 g/mol. The molecule has 1 heterocycles. The van der Waals surface area contributed by atoms with Crippen molar-refractivity contribution in [3.05, 3.63) is 0 Å². The van der Waals surface area contributed by atoms with E-state index in [2.05, 4.69) is 12.2 Å². The Hall–Kier alpha value is -0.650. The van der Waals surface area contributed by atoms with Gasteiger partial charge in [-0.2, -0.15) is 0 Å². The molecule has 5 heteroatoms. The summed E-state index contributed by atoms with van der Waals surface area (Å²) in [7, 11) is 0. The first kappa shape index (κ1) is 16.4. The number of nitrogens with zero attached hydrogens (tertiary/aromatic N) is 1. The van der Waals surface area contributed by atoms with Gasteiger partial charge >= 0.3 is 0 Å². The van der Waals surface area contributed by atoms with Gasteiger partial charge in [-0.15, -0.1) is 0 Å². The van der Waals surface area contributed by atoms with E-state index in [4.69, 9.17) is 9.84 Å². The van der Waals surface area contributed by atoms with Gasteiger partial charge in [-0.05, 0) is 32.2 Å². The molecule has 1 fully saturated rings. The molecule has 5 nitrogen and oxygen atoms in total. The Morgan fingerprint density at radius 2 is 2.05 bits per heavy atom. The number of carbonyl (C=O) groups is 1. The van der Waals surface area contributed by atoms with Crippen molar-refractivity contribution >= 4 is 5.91 Å². The fraction of sp³-hybridized carbons (Fsp3) is 0.929. The highest BCUT2D eigenvalue weighted by Crippen LogP contribution is 2.10. The molecule has 1 amide bonds. The van der Waals surface area contributed by atoms with Crippen LogP contribution in [0.25, 0.3) is 0 Å². The van der Waals surface area contributed by atoms with E-state index in [1.165, 1.54) is 0 Å². The second-order valence-corrected chi connectivity index (χ2v) is 5.23. The minimum atomic E-state index is -0.156. The van der Waals surface area contributed by atoms with Gasteiger partial charge in [0.25, 0.3) is 0 Å². The number of amides is 1. The van der Waals surface area contributed by atoms with Crippen molar-refractivity contribution in [2.45, 2.75) is 39.2 Å². The van der Waals surface area contributed by atoms with E-state index in [-0.39, 0.29) is 18.6 Å².